The number of ether oxygens (including phenoxy) is 1. The van der Waals surface area contributed by atoms with Crippen LogP contribution in [0.15, 0.2) is 0 Å². The average Bonchev–Trinajstić information content (AvgIpc) is 3.37. The molecule has 6 fully saturated rings. The van der Waals surface area contributed by atoms with Crippen molar-refractivity contribution in [1.29, 1.82) is 0 Å². The summed E-state index contributed by atoms with van der Waals surface area (Å²) in [6, 6.07) is 0.275. The molecule has 0 heterocycles. The summed E-state index contributed by atoms with van der Waals surface area (Å²) in [5.41, 5.74) is 7.23. The number of rotatable bonds is 7. The number of esters is 1. The minimum atomic E-state index is -0.273. The summed E-state index contributed by atoms with van der Waals surface area (Å²) >= 11 is 0. The van der Waals surface area contributed by atoms with Crippen molar-refractivity contribution < 1.29 is 14.3 Å². The van der Waals surface area contributed by atoms with Crippen molar-refractivity contribution in [2.75, 3.05) is 6.54 Å². The number of hydrogen-bond acceptors (Lipinski definition) is 5. The van der Waals surface area contributed by atoms with Crippen LogP contribution in [-0.4, -0.2) is 36.5 Å². The second-order valence-corrected chi connectivity index (χ2v) is 17.0. The standard InChI is InChI=1S/C36H60N2O3/c1-7-24(37)20-38-36-15-8-9-28(36)25-10-11-31-34(5)17-14-30(41-32(40)29-19-23(21-39)33(29,3)4)22(2)26(34)12-16-35(31,6)27(25)13-18-36/h21-31,38H,7-20,37H2,1-6H3/t22?,23?,24?,25?,26?,27?,28-,29?,30?,31?,34?,35?,36?/m1/s1. The molecular formula is C36H60N2O3. The Morgan fingerprint density at radius 2 is 1.66 bits per heavy atom. The number of hydrogen-bond donors (Lipinski definition) is 2. The maximum Gasteiger partial charge on any atom is 0.309 e. The Bertz CT molecular complexity index is 1010. The van der Waals surface area contributed by atoms with Crippen LogP contribution in [0.2, 0.25) is 0 Å². The maximum atomic E-state index is 13.3. The van der Waals surface area contributed by atoms with E-state index in [-0.39, 0.29) is 35.4 Å². The van der Waals surface area contributed by atoms with Crippen molar-refractivity contribution in [1.82, 2.24) is 5.32 Å². The van der Waals surface area contributed by atoms with Gasteiger partial charge in [0, 0.05) is 24.0 Å². The molecule has 41 heavy (non-hydrogen) atoms. The van der Waals surface area contributed by atoms with Gasteiger partial charge in [0.1, 0.15) is 12.4 Å². The largest absolute Gasteiger partial charge is 0.462 e. The van der Waals surface area contributed by atoms with Crippen LogP contribution in [0.25, 0.3) is 0 Å². The van der Waals surface area contributed by atoms with Gasteiger partial charge in [-0.15, -0.1) is 0 Å². The lowest BCUT2D eigenvalue weighted by Gasteiger charge is -2.68. The van der Waals surface area contributed by atoms with E-state index in [1.165, 1.54) is 64.2 Å². The lowest BCUT2D eigenvalue weighted by atomic mass is 9.38. The number of fused-ring (bicyclic) bond motifs is 7. The monoisotopic (exact) mass is 568 g/mol. The zero-order valence-electron chi connectivity index (χ0n) is 27.1. The SMILES string of the molecule is CCC(N)CNC12CCC[C@@H]1C1CCC3C4(C)CCC(OC(=O)C5CC(C=O)C5(C)C)C(C)C4CCC3(C)C1CC2. The third-order valence-electron chi connectivity index (χ3n) is 15.3. The number of nitrogens with one attached hydrogen (secondary N) is 1. The number of aldehydes is 1. The predicted octanol–water partition coefficient (Wildman–Crippen LogP) is 6.91. The molecule has 0 amide bonds. The van der Waals surface area contributed by atoms with Gasteiger partial charge < -0.3 is 20.6 Å². The summed E-state index contributed by atoms with van der Waals surface area (Å²) in [4.78, 5) is 24.7. The molecule has 0 radical (unpaired) electrons. The van der Waals surface area contributed by atoms with Gasteiger partial charge in [0.25, 0.3) is 0 Å². The van der Waals surface area contributed by atoms with Crippen molar-refractivity contribution in [3.63, 3.8) is 0 Å². The fourth-order valence-corrected chi connectivity index (χ4v) is 12.6. The van der Waals surface area contributed by atoms with Crippen LogP contribution in [0.5, 0.6) is 0 Å². The van der Waals surface area contributed by atoms with Crippen LogP contribution < -0.4 is 11.1 Å². The zero-order valence-corrected chi connectivity index (χ0v) is 27.1. The van der Waals surface area contributed by atoms with E-state index >= 15 is 0 Å². The second kappa shape index (κ2) is 10.6. The van der Waals surface area contributed by atoms with E-state index in [1.54, 1.807) is 0 Å². The van der Waals surface area contributed by atoms with Crippen molar-refractivity contribution in [2.45, 2.75) is 143 Å². The summed E-state index contributed by atoms with van der Waals surface area (Å²) in [6.07, 6.45) is 17.2. The normalized spacial score (nSPS) is 50.8. The van der Waals surface area contributed by atoms with Crippen LogP contribution >= 0.6 is 0 Å². The molecule has 5 heteroatoms. The first-order valence-corrected chi connectivity index (χ1v) is 17.6. The Hall–Kier alpha value is -0.940. The van der Waals surface area contributed by atoms with Crippen molar-refractivity contribution in [2.24, 2.45) is 69.3 Å². The molecule has 3 N–H and O–H groups in total. The number of carbonyl (C=O) groups excluding carboxylic acids is 2. The number of nitrogens with two attached hydrogens (primary N) is 1. The molecule has 12 unspecified atom stereocenters. The lowest BCUT2D eigenvalue weighted by Crippen LogP contribution is -2.64. The van der Waals surface area contributed by atoms with Gasteiger partial charge >= 0.3 is 5.97 Å². The van der Waals surface area contributed by atoms with E-state index in [1.807, 2.05) is 0 Å². The highest BCUT2D eigenvalue weighted by molar-refractivity contribution is 5.77. The smallest absolute Gasteiger partial charge is 0.309 e. The molecule has 232 valence electrons. The molecule has 0 aromatic carbocycles. The van der Waals surface area contributed by atoms with Crippen molar-refractivity contribution in [3.05, 3.63) is 0 Å². The highest BCUT2D eigenvalue weighted by Gasteiger charge is 2.65. The molecule has 6 aliphatic rings. The van der Waals surface area contributed by atoms with Crippen LogP contribution in [0, 0.1) is 63.6 Å². The first-order valence-electron chi connectivity index (χ1n) is 17.6. The van der Waals surface area contributed by atoms with Crippen LogP contribution in [0.1, 0.15) is 125 Å². The second-order valence-electron chi connectivity index (χ2n) is 17.0. The zero-order chi connectivity index (χ0) is 29.4. The van der Waals surface area contributed by atoms with Gasteiger partial charge in [0.05, 0.1) is 5.92 Å². The Balaban J connectivity index is 1.15. The van der Waals surface area contributed by atoms with Gasteiger partial charge in [-0.2, -0.15) is 0 Å². The minimum Gasteiger partial charge on any atom is -0.462 e. The van der Waals surface area contributed by atoms with E-state index in [4.69, 9.17) is 10.5 Å². The van der Waals surface area contributed by atoms with Gasteiger partial charge in [-0.1, -0.05) is 48.0 Å². The fourth-order valence-electron chi connectivity index (χ4n) is 12.6. The van der Waals surface area contributed by atoms with E-state index in [0.29, 0.717) is 34.6 Å². The molecular weight excluding hydrogens is 508 g/mol. The summed E-state index contributed by atoms with van der Waals surface area (Å²) in [7, 11) is 0. The molecule has 0 aromatic heterocycles. The summed E-state index contributed by atoms with van der Waals surface area (Å²) in [5.74, 6) is 4.17. The molecule has 0 aromatic rings. The Kier molecular flexibility index (Phi) is 7.78. The first kappa shape index (κ1) is 30.1. The van der Waals surface area contributed by atoms with Gasteiger partial charge in [0.2, 0.25) is 0 Å². The van der Waals surface area contributed by atoms with Gasteiger partial charge in [-0.05, 0) is 129 Å². The lowest BCUT2D eigenvalue weighted by molar-refractivity contribution is -0.205. The first-order chi connectivity index (χ1) is 19.4. The summed E-state index contributed by atoms with van der Waals surface area (Å²) < 4.78 is 6.31. The van der Waals surface area contributed by atoms with Gasteiger partial charge in [-0.25, -0.2) is 0 Å². The third-order valence-corrected chi connectivity index (χ3v) is 15.3. The molecule has 0 saturated heterocycles. The van der Waals surface area contributed by atoms with E-state index in [9.17, 15) is 9.59 Å². The van der Waals surface area contributed by atoms with Crippen molar-refractivity contribution >= 4 is 12.3 Å². The van der Waals surface area contributed by atoms with Crippen molar-refractivity contribution in [3.8, 4) is 0 Å². The molecule has 0 bridgehead atoms. The highest BCUT2D eigenvalue weighted by Crippen LogP contribution is 2.70. The molecule has 6 aliphatic carbocycles. The van der Waals surface area contributed by atoms with Crippen LogP contribution in [0.3, 0.4) is 0 Å². The summed E-state index contributed by atoms with van der Waals surface area (Å²) in [5, 5.41) is 4.09. The molecule has 13 atom stereocenters. The van der Waals surface area contributed by atoms with Gasteiger partial charge in [-0.3, -0.25) is 4.79 Å². The molecule has 6 rings (SSSR count). The topological polar surface area (TPSA) is 81.4 Å². The summed E-state index contributed by atoms with van der Waals surface area (Å²) in [6.45, 7) is 15.0. The maximum absolute atomic E-state index is 13.3. The Morgan fingerprint density at radius 3 is 2.37 bits per heavy atom. The molecule has 0 spiro atoms. The predicted molar refractivity (Wildman–Crippen MR) is 164 cm³/mol. The molecule has 0 aliphatic heterocycles. The molecule has 5 nitrogen and oxygen atoms in total. The minimum absolute atomic E-state index is 0.0165. The Morgan fingerprint density at radius 1 is 0.951 bits per heavy atom. The van der Waals surface area contributed by atoms with E-state index in [2.05, 4.69) is 46.9 Å². The van der Waals surface area contributed by atoms with Gasteiger partial charge in [0.15, 0.2) is 0 Å². The van der Waals surface area contributed by atoms with E-state index in [0.717, 1.165) is 49.3 Å². The fraction of sp³-hybridized carbons (Fsp3) is 0.944. The average molecular weight is 569 g/mol. The van der Waals surface area contributed by atoms with Crippen LogP contribution in [0.4, 0.5) is 0 Å². The third kappa shape index (κ3) is 4.51. The molecule has 6 saturated carbocycles. The quantitative estimate of drug-likeness (QED) is 0.258. The number of carbonyl (C=O) groups is 2. The van der Waals surface area contributed by atoms with Crippen LogP contribution in [-0.2, 0) is 14.3 Å². The highest BCUT2D eigenvalue weighted by atomic mass is 16.5. The Labute approximate surface area is 250 Å². The van der Waals surface area contributed by atoms with E-state index < -0.39 is 0 Å².